The van der Waals surface area contributed by atoms with Gasteiger partial charge >= 0.3 is 5.97 Å². The fourth-order valence-corrected chi connectivity index (χ4v) is 4.00. The minimum atomic E-state index is -0.466. The van der Waals surface area contributed by atoms with E-state index >= 15 is 0 Å². The molecular weight excluding hydrogens is 371 g/mol. The highest BCUT2D eigenvalue weighted by Crippen LogP contribution is 2.37. The summed E-state index contributed by atoms with van der Waals surface area (Å²) >= 11 is 0. The van der Waals surface area contributed by atoms with Crippen molar-refractivity contribution < 1.29 is 18.7 Å². The Labute approximate surface area is 171 Å². The molecule has 0 spiro atoms. The summed E-state index contributed by atoms with van der Waals surface area (Å²) in [6.45, 7) is 6.20. The number of esters is 1. The number of hydrogen-bond donors (Lipinski definition) is 0. The lowest BCUT2D eigenvalue weighted by Gasteiger charge is -2.30. The first-order valence-electron chi connectivity index (χ1n) is 10.5. The van der Waals surface area contributed by atoms with E-state index in [1.807, 2.05) is 0 Å². The molecule has 0 unspecified atom stereocenters. The van der Waals surface area contributed by atoms with Gasteiger partial charge in [0.2, 0.25) is 0 Å². The molecule has 29 heavy (non-hydrogen) atoms. The van der Waals surface area contributed by atoms with Gasteiger partial charge in [-0.1, -0.05) is 20.8 Å². The van der Waals surface area contributed by atoms with E-state index in [0.717, 1.165) is 31.5 Å². The molecule has 0 amide bonds. The summed E-state index contributed by atoms with van der Waals surface area (Å²) in [5.74, 6) is 0.272. The number of carbonyl (C=O) groups is 2. The van der Waals surface area contributed by atoms with Crippen LogP contribution < -0.4 is 0 Å². The zero-order chi connectivity index (χ0) is 21.2. The van der Waals surface area contributed by atoms with Gasteiger partial charge in [0.15, 0.2) is 0 Å². The van der Waals surface area contributed by atoms with E-state index in [1.165, 1.54) is 13.2 Å². The lowest BCUT2D eigenvalue weighted by atomic mass is 9.88. The highest BCUT2D eigenvalue weighted by Gasteiger charge is 2.27. The molecule has 0 aliphatic heterocycles. The van der Waals surface area contributed by atoms with Crippen molar-refractivity contribution in [1.29, 1.82) is 0 Å². The zero-order valence-electron chi connectivity index (χ0n) is 17.9. The smallest absolute Gasteiger partial charge is 0.310 e. The van der Waals surface area contributed by atoms with E-state index in [9.17, 15) is 14.0 Å². The lowest BCUT2D eigenvalue weighted by molar-refractivity contribution is -0.139. The maximum absolute atomic E-state index is 14.6. The molecular formula is C23H31FN2O3. The number of benzene rings is 1. The van der Waals surface area contributed by atoms with E-state index in [-0.39, 0.29) is 23.7 Å². The molecule has 0 radical (unpaired) electrons. The van der Waals surface area contributed by atoms with Crippen LogP contribution in [0.25, 0.3) is 11.0 Å². The van der Waals surface area contributed by atoms with Crippen LogP contribution in [0.1, 0.15) is 76.7 Å². The molecule has 5 nitrogen and oxygen atoms in total. The second kappa shape index (κ2) is 8.64. The molecule has 0 bridgehead atoms. The van der Waals surface area contributed by atoms with Crippen LogP contribution in [0.2, 0.25) is 0 Å². The number of nitrogens with zero attached hydrogens (tertiary/aromatic N) is 2. The molecule has 0 atom stereocenters. The van der Waals surface area contributed by atoms with Gasteiger partial charge in [0, 0.05) is 30.9 Å². The number of hydrogen-bond acceptors (Lipinski definition) is 4. The Morgan fingerprint density at radius 2 is 2.00 bits per heavy atom. The average Bonchev–Trinajstić information content (AvgIpc) is 2.93. The standard InChI is InChI=1S/C23H31FN2O3/c1-23(2,3)14-16(27)9-6-10-20-25-19-12-11-18(24)17(13-21(28)29-4)22(19)26(20)15-7-5-8-15/h11-12,15H,5-10,13-14H2,1-4H3. The molecule has 1 aromatic heterocycles. The SMILES string of the molecule is COC(=O)Cc1c(F)ccc2nc(CCCC(=O)CC(C)(C)C)n(C3CCC3)c12. The Morgan fingerprint density at radius 3 is 2.59 bits per heavy atom. The molecule has 1 heterocycles. The van der Waals surface area contributed by atoms with E-state index in [2.05, 4.69) is 25.3 Å². The second-order valence-electron chi connectivity index (χ2n) is 9.26. The van der Waals surface area contributed by atoms with E-state index in [1.54, 1.807) is 6.07 Å². The number of ketones is 1. The number of Topliss-reactive ketones (excluding diaryl/α,β-unsaturated/α-hetero) is 1. The van der Waals surface area contributed by atoms with Crippen molar-refractivity contribution in [3.63, 3.8) is 0 Å². The number of fused-ring (bicyclic) bond motifs is 1. The minimum absolute atomic E-state index is 0.00350. The van der Waals surface area contributed by atoms with Gasteiger partial charge in [-0.2, -0.15) is 0 Å². The average molecular weight is 403 g/mol. The molecule has 0 saturated heterocycles. The topological polar surface area (TPSA) is 61.2 Å². The van der Waals surface area contributed by atoms with Crippen molar-refractivity contribution in [2.24, 2.45) is 5.41 Å². The quantitative estimate of drug-likeness (QED) is 0.587. The maximum Gasteiger partial charge on any atom is 0.310 e. The third-order valence-electron chi connectivity index (χ3n) is 5.54. The van der Waals surface area contributed by atoms with Gasteiger partial charge in [-0.25, -0.2) is 9.37 Å². The molecule has 0 N–H and O–H groups in total. The molecule has 1 saturated carbocycles. The number of aryl methyl sites for hydroxylation is 1. The maximum atomic E-state index is 14.6. The fourth-order valence-electron chi connectivity index (χ4n) is 4.00. The van der Waals surface area contributed by atoms with Gasteiger partial charge in [0.25, 0.3) is 0 Å². The Hall–Kier alpha value is -2.24. The van der Waals surface area contributed by atoms with Gasteiger partial charge in [-0.05, 0) is 43.2 Å². The molecule has 6 heteroatoms. The van der Waals surface area contributed by atoms with Crippen molar-refractivity contribution in [1.82, 2.24) is 9.55 Å². The number of aromatic nitrogens is 2. The van der Waals surface area contributed by atoms with E-state index in [0.29, 0.717) is 35.9 Å². The predicted octanol–water partition coefficient (Wildman–Crippen LogP) is 4.94. The number of rotatable bonds is 8. The molecule has 1 aromatic carbocycles. The van der Waals surface area contributed by atoms with E-state index < -0.39 is 11.8 Å². The summed E-state index contributed by atoms with van der Waals surface area (Å²) < 4.78 is 21.5. The normalized spacial score (nSPS) is 14.8. The van der Waals surface area contributed by atoms with Crippen LogP contribution in [-0.2, 0) is 27.2 Å². The number of carbonyl (C=O) groups excluding carboxylic acids is 2. The summed E-state index contributed by atoms with van der Waals surface area (Å²) in [7, 11) is 1.31. The Balaban J connectivity index is 1.88. The summed E-state index contributed by atoms with van der Waals surface area (Å²) in [6, 6.07) is 3.32. The zero-order valence-corrected chi connectivity index (χ0v) is 17.9. The Bertz CT molecular complexity index is 907. The summed E-state index contributed by atoms with van der Waals surface area (Å²) in [5, 5.41) is 0. The predicted molar refractivity (Wildman–Crippen MR) is 110 cm³/mol. The molecule has 158 valence electrons. The molecule has 1 aliphatic rings. The Kier molecular flexibility index (Phi) is 6.39. The lowest BCUT2D eigenvalue weighted by Crippen LogP contribution is -2.21. The van der Waals surface area contributed by atoms with Crippen LogP contribution in [0, 0.1) is 11.2 Å². The van der Waals surface area contributed by atoms with Crippen molar-refractivity contribution in [3.05, 3.63) is 29.3 Å². The molecule has 1 aliphatic carbocycles. The van der Waals surface area contributed by atoms with Crippen LogP contribution in [-0.4, -0.2) is 28.4 Å². The summed E-state index contributed by atoms with van der Waals surface area (Å²) in [5.41, 5.74) is 1.75. The van der Waals surface area contributed by atoms with Crippen LogP contribution in [0.3, 0.4) is 0 Å². The monoisotopic (exact) mass is 402 g/mol. The largest absolute Gasteiger partial charge is 0.469 e. The highest BCUT2D eigenvalue weighted by atomic mass is 19.1. The third-order valence-corrected chi connectivity index (χ3v) is 5.54. The van der Waals surface area contributed by atoms with Gasteiger partial charge in [0.1, 0.15) is 17.4 Å². The second-order valence-corrected chi connectivity index (χ2v) is 9.26. The number of imidazole rings is 1. The van der Waals surface area contributed by atoms with Crippen molar-refractivity contribution in [3.8, 4) is 0 Å². The Morgan fingerprint density at radius 1 is 1.28 bits per heavy atom. The van der Waals surface area contributed by atoms with Crippen LogP contribution in [0.15, 0.2) is 12.1 Å². The fraction of sp³-hybridized carbons (Fsp3) is 0.609. The van der Waals surface area contributed by atoms with Gasteiger partial charge in [0.05, 0.1) is 24.6 Å². The highest BCUT2D eigenvalue weighted by molar-refractivity contribution is 5.85. The van der Waals surface area contributed by atoms with Gasteiger partial charge in [-0.15, -0.1) is 0 Å². The third kappa shape index (κ3) is 5.03. The van der Waals surface area contributed by atoms with Crippen LogP contribution in [0.5, 0.6) is 0 Å². The van der Waals surface area contributed by atoms with Gasteiger partial charge < -0.3 is 9.30 Å². The summed E-state index contributed by atoms with van der Waals surface area (Å²) in [4.78, 5) is 28.8. The molecule has 2 aromatic rings. The first kappa shape index (κ1) is 21.5. The number of methoxy groups -OCH3 is 1. The molecule has 1 fully saturated rings. The summed E-state index contributed by atoms with van der Waals surface area (Å²) in [6.07, 6.45) is 5.55. The number of halogens is 1. The van der Waals surface area contributed by atoms with Crippen molar-refractivity contribution >= 4 is 22.8 Å². The minimum Gasteiger partial charge on any atom is -0.469 e. The van der Waals surface area contributed by atoms with E-state index in [4.69, 9.17) is 9.72 Å². The number of ether oxygens (including phenoxy) is 1. The van der Waals surface area contributed by atoms with Crippen molar-refractivity contribution in [2.75, 3.05) is 7.11 Å². The van der Waals surface area contributed by atoms with Crippen LogP contribution >= 0.6 is 0 Å². The van der Waals surface area contributed by atoms with Crippen LogP contribution in [0.4, 0.5) is 4.39 Å². The van der Waals surface area contributed by atoms with Gasteiger partial charge in [-0.3, -0.25) is 9.59 Å². The molecule has 3 rings (SSSR count). The first-order chi connectivity index (χ1) is 13.7. The van der Waals surface area contributed by atoms with Crippen molar-refractivity contribution in [2.45, 2.75) is 78.2 Å². The first-order valence-corrected chi connectivity index (χ1v) is 10.5.